The highest BCUT2D eigenvalue weighted by atomic mass is 32.1. The van der Waals surface area contributed by atoms with Crippen LogP contribution >= 0.6 is 11.3 Å². The van der Waals surface area contributed by atoms with Crippen molar-refractivity contribution in [2.75, 3.05) is 32.6 Å². The molecule has 0 radical (unpaired) electrons. The lowest BCUT2D eigenvalue weighted by Gasteiger charge is -2.23. The van der Waals surface area contributed by atoms with Crippen LogP contribution in [0.1, 0.15) is 11.8 Å². The molecule has 0 aliphatic carbocycles. The molecular weight excluding hydrogens is 350 g/mol. The largest absolute Gasteiger partial charge is 0.497 e. The number of ether oxygens (including phenoxy) is 1. The lowest BCUT2D eigenvalue weighted by molar-refractivity contribution is -0.126. The second-order valence-corrected chi connectivity index (χ2v) is 7.02. The first-order valence-electron chi connectivity index (χ1n) is 8.44. The number of carbonyl (C=O) groups excluding carboxylic acids is 2. The van der Waals surface area contributed by atoms with E-state index in [1.165, 1.54) is 4.88 Å². The smallest absolute Gasteiger partial charge is 0.238 e. The van der Waals surface area contributed by atoms with Gasteiger partial charge in [-0.05, 0) is 56.1 Å². The summed E-state index contributed by atoms with van der Waals surface area (Å²) < 4.78 is 5.09. The predicted molar refractivity (Wildman–Crippen MR) is 105 cm³/mol. The second kappa shape index (κ2) is 9.94. The predicted octanol–water partition coefficient (Wildman–Crippen LogP) is 2.37. The van der Waals surface area contributed by atoms with Crippen molar-refractivity contribution in [3.63, 3.8) is 0 Å². The zero-order valence-electron chi connectivity index (χ0n) is 15.3. The van der Waals surface area contributed by atoms with Crippen molar-refractivity contribution in [2.24, 2.45) is 0 Å². The third-order valence-electron chi connectivity index (χ3n) is 4.06. The summed E-state index contributed by atoms with van der Waals surface area (Å²) in [5.74, 6) is 0.477. The van der Waals surface area contributed by atoms with E-state index in [9.17, 15) is 9.59 Å². The summed E-state index contributed by atoms with van der Waals surface area (Å²) in [4.78, 5) is 27.4. The van der Waals surface area contributed by atoms with E-state index in [4.69, 9.17) is 4.74 Å². The van der Waals surface area contributed by atoms with Crippen LogP contribution in [0.4, 0.5) is 5.69 Å². The Balaban J connectivity index is 1.74. The molecule has 0 aliphatic heterocycles. The Kier molecular flexibility index (Phi) is 7.62. The highest BCUT2D eigenvalue weighted by Gasteiger charge is 2.19. The fraction of sp³-hybridized carbons (Fsp3) is 0.368. The topological polar surface area (TPSA) is 70.7 Å². The summed E-state index contributed by atoms with van der Waals surface area (Å²) >= 11 is 1.68. The highest BCUT2D eigenvalue weighted by Crippen LogP contribution is 2.15. The Morgan fingerprint density at radius 1 is 1.23 bits per heavy atom. The minimum atomic E-state index is -0.389. The molecule has 2 N–H and O–H groups in total. The zero-order chi connectivity index (χ0) is 18.9. The molecule has 6 nitrogen and oxygen atoms in total. The van der Waals surface area contributed by atoms with Crippen LogP contribution in [-0.4, -0.2) is 50.0 Å². The van der Waals surface area contributed by atoms with Crippen molar-refractivity contribution in [1.82, 2.24) is 10.2 Å². The number of rotatable bonds is 9. The summed E-state index contributed by atoms with van der Waals surface area (Å²) in [6, 6.07) is 10.8. The van der Waals surface area contributed by atoms with Gasteiger partial charge >= 0.3 is 0 Å². The molecule has 1 aromatic heterocycles. The van der Waals surface area contributed by atoms with Crippen LogP contribution in [0, 0.1) is 0 Å². The van der Waals surface area contributed by atoms with E-state index in [1.54, 1.807) is 61.6 Å². The Hall–Kier alpha value is -2.38. The average Bonchev–Trinajstić information content (AvgIpc) is 3.14. The van der Waals surface area contributed by atoms with Gasteiger partial charge in [0.15, 0.2) is 0 Å². The van der Waals surface area contributed by atoms with Gasteiger partial charge in [-0.3, -0.25) is 14.5 Å². The molecule has 0 saturated heterocycles. The van der Waals surface area contributed by atoms with Crippen LogP contribution in [0.5, 0.6) is 5.75 Å². The lowest BCUT2D eigenvalue weighted by atomic mass is 10.2. The first kappa shape index (κ1) is 19.9. The van der Waals surface area contributed by atoms with Gasteiger partial charge < -0.3 is 15.4 Å². The van der Waals surface area contributed by atoms with Crippen molar-refractivity contribution < 1.29 is 14.3 Å². The Morgan fingerprint density at radius 3 is 2.58 bits per heavy atom. The maximum absolute atomic E-state index is 12.2. The Morgan fingerprint density at radius 2 is 1.96 bits per heavy atom. The normalized spacial score (nSPS) is 11.8. The second-order valence-electron chi connectivity index (χ2n) is 5.99. The summed E-state index contributed by atoms with van der Waals surface area (Å²) in [5.41, 5.74) is 0.692. The van der Waals surface area contributed by atoms with Crippen LogP contribution in [0.3, 0.4) is 0 Å². The van der Waals surface area contributed by atoms with E-state index in [1.807, 2.05) is 11.4 Å². The number of anilines is 1. The molecule has 0 fully saturated rings. The lowest BCUT2D eigenvalue weighted by Crippen LogP contribution is -2.46. The van der Waals surface area contributed by atoms with Crippen molar-refractivity contribution in [3.8, 4) is 5.75 Å². The molecule has 0 saturated carbocycles. The van der Waals surface area contributed by atoms with E-state index < -0.39 is 0 Å². The van der Waals surface area contributed by atoms with Crippen LogP contribution in [0.2, 0.25) is 0 Å². The molecule has 1 heterocycles. The van der Waals surface area contributed by atoms with Crippen molar-refractivity contribution in [2.45, 2.75) is 19.4 Å². The summed E-state index contributed by atoms with van der Waals surface area (Å²) in [5, 5.41) is 7.75. The van der Waals surface area contributed by atoms with Gasteiger partial charge in [-0.15, -0.1) is 11.3 Å². The van der Waals surface area contributed by atoms with Crippen molar-refractivity contribution in [1.29, 1.82) is 0 Å². The molecular formula is C19H25N3O3S. The number of carbonyl (C=O) groups is 2. The van der Waals surface area contributed by atoms with Gasteiger partial charge in [0.1, 0.15) is 5.75 Å². The number of hydrogen-bond acceptors (Lipinski definition) is 5. The maximum atomic E-state index is 12.2. The third kappa shape index (κ3) is 6.16. The minimum absolute atomic E-state index is 0.0821. The minimum Gasteiger partial charge on any atom is -0.497 e. The molecule has 7 heteroatoms. The molecule has 0 bridgehead atoms. The van der Waals surface area contributed by atoms with E-state index in [0.717, 1.165) is 12.2 Å². The molecule has 1 aromatic carbocycles. The van der Waals surface area contributed by atoms with E-state index in [2.05, 4.69) is 16.7 Å². The van der Waals surface area contributed by atoms with Crippen LogP contribution in [0.25, 0.3) is 0 Å². The SMILES string of the molecule is COc1ccc(NC(=O)CN(C)[C@H](C)C(=O)NCCc2cccs2)cc1. The van der Waals surface area contributed by atoms with Gasteiger partial charge in [0.2, 0.25) is 11.8 Å². The standard InChI is InChI=1S/C19H25N3O3S/c1-14(19(24)20-11-10-17-5-4-12-26-17)22(2)13-18(23)21-15-6-8-16(25-3)9-7-15/h4-9,12,14H,10-11,13H2,1-3H3,(H,20,24)(H,21,23)/t14-/m1/s1. The first-order valence-corrected chi connectivity index (χ1v) is 9.32. The molecule has 140 valence electrons. The molecule has 0 spiro atoms. The number of likely N-dealkylation sites (N-methyl/N-ethyl adjacent to an activating group) is 1. The fourth-order valence-electron chi connectivity index (χ4n) is 2.35. The van der Waals surface area contributed by atoms with Crippen LogP contribution < -0.4 is 15.4 Å². The van der Waals surface area contributed by atoms with Gasteiger partial charge in [0, 0.05) is 17.1 Å². The molecule has 1 atom stereocenters. The Labute approximate surface area is 158 Å². The van der Waals surface area contributed by atoms with Gasteiger partial charge in [-0.1, -0.05) is 6.07 Å². The number of thiophene rings is 1. The number of methoxy groups -OCH3 is 1. The molecule has 2 aromatic rings. The van der Waals surface area contributed by atoms with Gasteiger partial charge in [0.05, 0.1) is 19.7 Å². The fourth-order valence-corrected chi connectivity index (χ4v) is 3.06. The summed E-state index contributed by atoms with van der Waals surface area (Å²) in [6.07, 6.45) is 0.817. The van der Waals surface area contributed by atoms with Crippen LogP contribution in [0.15, 0.2) is 41.8 Å². The molecule has 26 heavy (non-hydrogen) atoms. The number of nitrogens with zero attached hydrogens (tertiary/aromatic N) is 1. The first-order chi connectivity index (χ1) is 12.5. The van der Waals surface area contributed by atoms with Crippen molar-refractivity contribution in [3.05, 3.63) is 46.7 Å². The van der Waals surface area contributed by atoms with E-state index in [0.29, 0.717) is 12.2 Å². The van der Waals surface area contributed by atoms with E-state index >= 15 is 0 Å². The molecule has 0 aliphatic rings. The number of hydrogen-bond donors (Lipinski definition) is 2. The monoisotopic (exact) mass is 375 g/mol. The molecule has 2 rings (SSSR count). The number of benzene rings is 1. The quantitative estimate of drug-likeness (QED) is 0.706. The third-order valence-corrected chi connectivity index (χ3v) is 4.99. The van der Waals surface area contributed by atoms with E-state index in [-0.39, 0.29) is 24.4 Å². The number of nitrogens with one attached hydrogen (secondary N) is 2. The Bertz CT molecular complexity index is 701. The molecule has 0 unspecified atom stereocenters. The summed E-state index contributed by atoms with van der Waals surface area (Å²) in [6.45, 7) is 2.52. The van der Waals surface area contributed by atoms with Gasteiger partial charge in [-0.2, -0.15) is 0 Å². The van der Waals surface area contributed by atoms with Gasteiger partial charge in [0.25, 0.3) is 0 Å². The zero-order valence-corrected chi connectivity index (χ0v) is 16.1. The maximum Gasteiger partial charge on any atom is 0.238 e. The number of amides is 2. The van der Waals surface area contributed by atoms with Crippen LogP contribution in [-0.2, 0) is 16.0 Å². The molecule has 2 amide bonds. The highest BCUT2D eigenvalue weighted by molar-refractivity contribution is 7.09. The van der Waals surface area contributed by atoms with Gasteiger partial charge in [-0.25, -0.2) is 0 Å². The van der Waals surface area contributed by atoms with Crippen molar-refractivity contribution >= 4 is 28.8 Å². The summed E-state index contributed by atoms with van der Waals surface area (Å²) in [7, 11) is 3.35. The average molecular weight is 375 g/mol.